The number of aliphatic hydroxyl groups is 1. The average Bonchev–Trinajstić information content (AvgIpc) is 2.35. The number of halogens is 1. The van der Waals surface area contributed by atoms with Crippen molar-refractivity contribution in [2.45, 2.75) is 32.7 Å². The number of rotatable bonds is 6. The Bertz CT molecular complexity index is 398. The standard InChI is InChI=1S/C13H19FN2O2/c1-9(8-17)10(2)16-13(18)4-3-11-5-12(14)7-15-6-11/h5-7,9-10,17H,3-4,8H2,1-2H3,(H,16,18). The van der Waals surface area contributed by atoms with Gasteiger partial charge >= 0.3 is 0 Å². The zero-order valence-corrected chi connectivity index (χ0v) is 10.7. The Morgan fingerprint density at radius 1 is 1.50 bits per heavy atom. The Morgan fingerprint density at radius 2 is 2.22 bits per heavy atom. The third kappa shape index (κ3) is 4.79. The van der Waals surface area contributed by atoms with E-state index in [9.17, 15) is 9.18 Å². The highest BCUT2D eigenvalue weighted by atomic mass is 19.1. The van der Waals surface area contributed by atoms with Crippen molar-refractivity contribution in [2.24, 2.45) is 5.92 Å². The van der Waals surface area contributed by atoms with Crippen LogP contribution in [0.3, 0.4) is 0 Å². The quantitative estimate of drug-likeness (QED) is 0.804. The number of amides is 1. The van der Waals surface area contributed by atoms with E-state index in [1.807, 2.05) is 13.8 Å². The lowest BCUT2D eigenvalue weighted by Crippen LogP contribution is -2.38. The van der Waals surface area contributed by atoms with E-state index in [1.54, 1.807) is 6.20 Å². The van der Waals surface area contributed by atoms with E-state index in [0.717, 1.165) is 6.20 Å². The topological polar surface area (TPSA) is 62.2 Å². The molecule has 1 aromatic rings. The minimum absolute atomic E-state index is 0.0183. The lowest BCUT2D eigenvalue weighted by Gasteiger charge is -2.19. The average molecular weight is 254 g/mol. The number of carbonyl (C=O) groups excluding carboxylic acids is 1. The number of nitrogens with zero attached hydrogens (tertiary/aromatic N) is 1. The molecule has 0 saturated heterocycles. The van der Waals surface area contributed by atoms with Crippen LogP contribution in [0.1, 0.15) is 25.8 Å². The Kier molecular flexibility index (Phi) is 5.71. The highest BCUT2D eigenvalue weighted by molar-refractivity contribution is 5.76. The highest BCUT2D eigenvalue weighted by Gasteiger charge is 2.13. The first-order valence-electron chi connectivity index (χ1n) is 6.02. The molecule has 0 aromatic carbocycles. The molecule has 0 bridgehead atoms. The van der Waals surface area contributed by atoms with Crippen LogP contribution in [-0.2, 0) is 11.2 Å². The summed E-state index contributed by atoms with van der Waals surface area (Å²) in [7, 11) is 0. The molecular formula is C13H19FN2O2. The molecular weight excluding hydrogens is 235 g/mol. The second-order valence-corrected chi connectivity index (χ2v) is 4.53. The third-order valence-corrected chi connectivity index (χ3v) is 2.93. The Hall–Kier alpha value is -1.49. The molecule has 1 heterocycles. The second kappa shape index (κ2) is 7.06. The van der Waals surface area contributed by atoms with E-state index in [-0.39, 0.29) is 30.9 Å². The first-order chi connectivity index (χ1) is 8.52. The van der Waals surface area contributed by atoms with Gasteiger partial charge in [-0.25, -0.2) is 4.39 Å². The van der Waals surface area contributed by atoms with Gasteiger partial charge in [0.05, 0.1) is 6.20 Å². The van der Waals surface area contributed by atoms with E-state index >= 15 is 0 Å². The molecule has 1 aromatic heterocycles. The van der Waals surface area contributed by atoms with Gasteiger partial charge in [0.15, 0.2) is 0 Å². The fourth-order valence-corrected chi connectivity index (χ4v) is 1.48. The summed E-state index contributed by atoms with van der Waals surface area (Å²) in [6.07, 6.45) is 3.43. The molecule has 2 unspecified atom stereocenters. The molecule has 0 radical (unpaired) electrons. The summed E-state index contributed by atoms with van der Waals surface area (Å²) in [6, 6.07) is 1.30. The predicted octanol–water partition coefficient (Wildman–Crippen LogP) is 1.29. The fourth-order valence-electron chi connectivity index (χ4n) is 1.48. The van der Waals surface area contributed by atoms with Crippen molar-refractivity contribution >= 4 is 5.91 Å². The lowest BCUT2D eigenvalue weighted by atomic mass is 10.0. The van der Waals surface area contributed by atoms with Crippen molar-refractivity contribution in [3.05, 3.63) is 29.8 Å². The minimum Gasteiger partial charge on any atom is -0.396 e. The van der Waals surface area contributed by atoms with Gasteiger partial charge in [-0.05, 0) is 30.9 Å². The number of hydrogen-bond donors (Lipinski definition) is 2. The van der Waals surface area contributed by atoms with Crippen molar-refractivity contribution in [2.75, 3.05) is 6.61 Å². The molecule has 0 aliphatic rings. The van der Waals surface area contributed by atoms with E-state index in [4.69, 9.17) is 5.11 Å². The van der Waals surface area contributed by atoms with Gasteiger partial charge in [-0.15, -0.1) is 0 Å². The van der Waals surface area contributed by atoms with Crippen LogP contribution >= 0.6 is 0 Å². The molecule has 1 rings (SSSR count). The van der Waals surface area contributed by atoms with Crippen molar-refractivity contribution in [3.8, 4) is 0 Å². The maximum atomic E-state index is 12.9. The van der Waals surface area contributed by atoms with Crippen molar-refractivity contribution in [3.63, 3.8) is 0 Å². The lowest BCUT2D eigenvalue weighted by molar-refractivity contribution is -0.122. The summed E-state index contributed by atoms with van der Waals surface area (Å²) >= 11 is 0. The van der Waals surface area contributed by atoms with Crippen LogP contribution in [0.25, 0.3) is 0 Å². The minimum atomic E-state index is -0.393. The van der Waals surface area contributed by atoms with Crippen LogP contribution in [0.15, 0.2) is 18.5 Å². The number of pyridine rings is 1. The summed E-state index contributed by atoms with van der Waals surface area (Å²) in [5.74, 6) is -0.480. The number of carbonyl (C=O) groups is 1. The van der Waals surface area contributed by atoms with Crippen LogP contribution in [0.2, 0.25) is 0 Å². The fraction of sp³-hybridized carbons (Fsp3) is 0.538. The van der Waals surface area contributed by atoms with E-state index in [1.165, 1.54) is 6.07 Å². The van der Waals surface area contributed by atoms with Gasteiger partial charge in [0, 0.05) is 25.3 Å². The van der Waals surface area contributed by atoms with Crippen LogP contribution in [0, 0.1) is 11.7 Å². The molecule has 0 aliphatic heterocycles. The summed E-state index contributed by atoms with van der Waals surface area (Å²) < 4.78 is 12.9. The monoisotopic (exact) mass is 254 g/mol. The van der Waals surface area contributed by atoms with Crippen molar-refractivity contribution < 1.29 is 14.3 Å². The number of nitrogens with one attached hydrogen (secondary N) is 1. The molecule has 0 aliphatic carbocycles. The Morgan fingerprint density at radius 3 is 2.83 bits per heavy atom. The molecule has 0 saturated carbocycles. The van der Waals surface area contributed by atoms with Gasteiger partial charge < -0.3 is 10.4 Å². The van der Waals surface area contributed by atoms with Crippen LogP contribution < -0.4 is 5.32 Å². The van der Waals surface area contributed by atoms with Gasteiger partial charge in [0.2, 0.25) is 5.91 Å². The molecule has 0 spiro atoms. The number of aromatic nitrogens is 1. The first kappa shape index (κ1) is 14.6. The smallest absolute Gasteiger partial charge is 0.220 e. The second-order valence-electron chi connectivity index (χ2n) is 4.53. The molecule has 0 fully saturated rings. The van der Waals surface area contributed by atoms with Gasteiger partial charge in [0.25, 0.3) is 0 Å². The highest BCUT2D eigenvalue weighted by Crippen LogP contribution is 2.05. The largest absolute Gasteiger partial charge is 0.396 e. The van der Waals surface area contributed by atoms with Crippen LogP contribution in [0.4, 0.5) is 4.39 Å². The molecule has 5 heteroatoms. The normalized spacial score (nSPS) is 14.0. The van der Waals surface area contributed by atoms with Gasteiger partial charge in [-0.1, -0.05) is 6.92 Å². The number of hydrogen-bond acceptors (Lipinski definition) is 3. The third-order valence-electron chi connectivity index (χ3n) is 2.93. The summed E-state index contributed by atoms with van der Waals surface area (Å²) in [4.78, 5) is 15.4. The molecule has 4 nitrogen and oxygen atoms in total. The van der Waals surface area contributed by atoms with Crippen LogP contribution in [0.5, 0.6) is 0 Å². The van der Waals surface area contributed by atoms with Crippen molar-refractivity contribution in [1.29, 1.82) is 0 Å². The summed E-state index contributed by atoms with van der Waals surface area (Å²) in [5.41, 5.74) is 0.702. The Balaban J connectivity index is 2.37. The maximum absolute atomic E-state index is 12.9. The predicted molar refractivity (Wildman–Crippen MR) is 66.4 cm³/mol. The molecule has 2 atom stereocenters. The Labute approximate surface area is 106 Å². The summed E-state index contributed by atoms with van der Waals surface area (Å²) in [6.45, 7) is 3.75. The van der Waals surface area contributed by atoms with Gasteiger partial charge in [-0.2, -0.15) is 0 Å². The zero-order chi connectivity index (χ0) is 13.5. The van der Waals surface area contributed by atoms with Crippen LogP contribution in [-0.4, -0.2) is 28.6 Å². The van der Waals surface area contributed by atoms with E-state index in [0.29, 0.717) is 12.0 Å². The van der Waals surface area contributed by atoms with Gasteiger partial charge in [-0.3, -0.25) is 9.78 Å². The zero-order valence-electron chi connectivity index (χ0n) is 10.7. The van der Waals surface area contributed by atoms with E-state index < -0.39 is 5.82 Å². The maximum Gasteiger partial charge on any atom is 0.220 e. The van der Waals surface area contributed by atoms with E-state index in [2.05, 4.69) is 10.3 Å². The molecule has 2 N–H and O–H groups in total. The molecule has 1 amide bonds. The number of aryl methyl sites for hydroxylation is 1. The molecule has 100 valence electrons. The summed E-state index contributed by atoms with van der Waals surface area (Å²) in [5, 5.41) is 11.8. The molecule has 18 heavy (non-hydrogen) atoms. The van der Waals surface area contributed by atoms with Crippen molar-refractivity contribution in [1.82, 2.24) is 10.3 Å². The SMILES string of the molecule is CC(CO)C(C)NC(=O)CCc1cncc(F)c1. The number of aliphatic hydroxyl groups excluding tert-OH is 1. The first-order valence-corrected chi connectivity index (χ1v) is 6.02. The van der Waals surface area contributed by atoms with Gasteiger partial charge in [0.1, 0.15) is 5.82 Å².